The lowest BCUT2D eigenvalue weighted by molar-refractivity contribution is 0.00366. The lowest BCUT2D eigenvalue weighted by Gasteiger charge is -2.41. The Balaban J connectivity index is 1.34. The number of methoxy groups -OCH3 is 1. The SMILES string of the molecule is CCOc1cncc(-c2cnc(C(=O)N3CCN(C(=O)OC(C)(C)C)CC3c3cc(N(Cc4ccc(OC)cc4)S(=O)(=O)C4CC4)ccn3)s2)n1. The molecule has 0 N–H and O–H groups in total. The standard InChI is InChI=1S/C35H41N7O7S2/c1-6-48-31-20-36-18-28(39-31)30-19-38-32(50-30)33(43)41-16-15-40(34(44)49-35(2,3)4)22-29(41)27-17-24(13-14-37-27)42(51(45,46)26-11-12-26)21-23-7-9-25(47-5)10-8-23/h7-10,13-14,17-20,26,29H,6,11-12,15-16,21-22H2,1-5H3. The highest BCUT2D eigenvalue weighted by atomic mass is 32.2. The Hall–Kier alpha value is -4.83. The van der Waals surface area contributed by atoms with Gasteiger partial charge in [-0.15, -0.1) is 11.3 Å². The highest BCUT2D eigenvalue weighted by Gasteiger charge is 2.42. The van der Waals surface area contributed by atoms with Gasteiger partial charge in [0.2, 0.25) is 15.9 Å². The molecule has 14 nitrogen and oxygen atoms in total. The third-order valence-corrected chi connectivity index (χ3v) is 11.5. The van der Waals surface area contributed by atoms with E-state index in [9.17, 15) is 18.0 Å². The molecule has 270 valence electrons. The zero-order chi connectivity index (χ0) is 36.3. The molecule has 51 heavy (non-hydrogen) atoms. The number of anilines is 1. The van der Waals surface area contributed by atoms with E-state index in [1.807, 2.05) is 19.1 Å². The minimum atomic E-state index is -3.71. The molecule has 2 aliphatic rings. The molecule has 3 aromatic heterocycles. The fraction of sp³-hybridized carbons (Fsp3) is 0.429. The van der Waals surface area contributed by atoms with Gasteiger partial charge in [-0.05, 0) is 70.4 Å². The van der Waals surface area contributed by atoms with Crippen LogP contribution in [-0.2, 0) is 21.3 Å². The van der Waals surface area contributed by atoms with Crippen molar-refractivity contribution in [3.63, 3.8) is 0 Å². The topological polar surface area (TPSA) is 157 Å². The van der Waals surface area contributed by atoms with Crippen LogP contribution in [0.15, 0.2) is 61.2 Å². The minimum absolute atomic E-state index is 0.0745. The van der Waals surface area contributed by atoms with E-state index in [1.54, 1.807) is 74.3 Å². The molecule has 1 saturated heterocycles. The molecular formula is C35H41N7O7S2. The minimum Gasteiger partial charge on any atom is -0.497 e. The Bertz CT molecular complexity index is 1980. The van der Waals surface area contributed by atoms with Gasteiger partial charge in [-0.2, -0.15) is 0 Å². The van der Waals surface area contributed by atoms with Crippen LogP contribution in [-0.4, -0.2) is 94.4 Å². The number of amides is 2. The van der Waals surface area contributed by atoms with Crippen LogP contribution in [0.4, 0.5) is 10.5 Å². The van der Waals surface area contributed by atoms with Crippen molar-refractivity contribution in [2.45, 2.75) is 64.0 Å². The third kappa shape index (κ3) is 8.39. The number of thiazole rings is 1. The van der Waals surface area contributed by atoms with Crippen molar-refractivity contribution in [2.75, 3.05) is 37.7 Å². The van der Waals surface area contributed by atoms with E-state index in [0.717, 1.165) is 5.56 Å². The zero-order valence-electron chi connectivity index (χ0n) is 29.2. The number of pyridine rings is 1. The molecule has 1 saturated carbocycles. The highest BCUT2D eigenvalue weighted by molar-refractivity contribution is 7.93. The molecule has 4 heterocycles. The van der Waals surface area contributed by atoms with Crippen molar-refractivity contribution in [2.24, 2.45) is 0 Å². The molecule has 0 radical (unpaired) electrons. The Morgan fingerprint density at radius 3 is 2.49 bits per heavy atom. The first kappa shape index (κ1) is 36.0. The number of sulfonamides is 1. The number of ether oxygens (including phenoxy) is 3. The van der Waals surface area contributed by atoms with Crippen LogP contribution in [0.2, 0.25) is 0 Å². The van der Waals surface area contributed by atoms with Crippen LogP contribution in [0.25, 0.3) is 10.6 Å². The maximum absolute atomic E-state index is 14.2. The van der Waals surface area contributed by atoms with Crippen LogP contribution in [0.1, 0.15) is 67.6 Å². The number of benzene rings is 1. The molecule has 1 unspecified atom stereocenters. The smallest absolute Gasteiger partial charge is 0.410 e. The van der Waals surface area contributed by atoms with Gasteiger partial charge in [0, 0.05) is 25.5 Å². The van der Waals surface area contributed by atoms with Crippen molar-refractivity contribution in [1.82, 2.24) is 29.7 Å². The summed E-state index contributed by atoms with van der Waals surface area (Å²) in [4.78, 5) is 49.0. The van der Waals surface area contributed by atoms with Crippen molar-refractivity contribution >= 4 is 39.0 Å². The number of rotatable bonds is 11. The first-order valence-corrected chi connectivity index (χ1v) is 19.0. The Labute approximate surface area is 301 Å². The number of hydrogen-bond donors (Lipinski definition) is 0. The lowest BCUT2D eigenvalue weighted by atomic mass is 10.1. The summed E-state index contributed by atoms with van der Waals surface area (Å²) in [6.45, 7) is 8.21. The van der Waals surface area contributed by atoms with E-state index >= 15 is 0 Å². The second-order valence-corrected chi connectivity index (χ2v) is 16.4. The first-order valence-electron chi connectivity index (χ1n) is 16.7. The molecule has 1 aromatic carbocycles. The molecule has 16 heteroatoms. The summed E-state index contributed by atoms with van der Waals surface area (Å²) in [6, 6.07) is 9.84. The van der Waals surface area contributed by atoms with E-state index in [1.165, 1.54) is 28.0 Å². The zero-order valence-corrected chi connectivity index (χ0v) is 30.8. The lowest BCUT2D eigenvalue weighted by Crippen LogP contribution is -2.53. The molecule has 0 spiro atoms. The molecule has 1 atom stereocenters. The van der Waals surface area contributed by atoms with Gasteiger partial charge in [-0.25, -0.2) is 23.2 Å². The Kier molecular flexibility index (Phi) is 10.4. The maximum Gasteiger partial charge on any atom is 0.410 e. The number of carbonyl (C=O) groups is 2. The molecule has 4 aromatic rings. The van der Waals surface area contributed by atoms with Crippen LogP contribution >= 0.6 is 11.3 Å². The van der Waals surface area contributed by atoms with Crippen LogP contribution < -0.4 is 13.8 Å². The fourth-order valence-electron chi connectivity index (χ4n) is 5.61. The summed E-state index contributed by atoms with van der Waals surface area (Å²) < 4.78 is 45.5. The van der Waals surface area contributed by atoms with Crippen molar-refractivity contribution in [3.05, 3.63) is 77.5 Å². The molecule has 6 rings (SSSR count). The third-order valence-electron chi connectivity index (χ3n) is 8.27. The number of aromatic nitrogens is 4. The summed E-state index contributed by atoms with van der Waals surface area (Å²) in [7, 11) is -2.14. The van der Waals surface area contributed by atoms with E-state index in [2.05, 4.69) is 19.9 Å². The van der Waals surface area contributed by atoms with Crippen molar-refractivity contribution in [1.29, 1.82) is 0 Å². The van der Waals surface area contributed by atoms with Crippen LogP contribution in [0, 0.1) is 0 Å². The van der Waals surface area contributed by atoms with Gasteiger partial charge < -0.3 is 24.0 Å². The van der Waals surface area contributed by atoms with Gasteiger partial charge in [0.1, 0.15) is 17.0 Å². The van der Waals surface area contributed by atoms with Crippen LogP contribution in [0.3, 0.4) is 0 Å². The average molecular weight is 736 g/mol. The predicted molar refractivity (Wildman–Crippen MR) is 191 cm³/mol. The second kappa shape index (κ2) is 14.8. The molecule has 1 aliphatic heterocycles. The van der Waals surface area contributed by atoms with Crippen molar-refractivity contribution < 1.29 is 32.2 Å². The van der Waals surface area contributed by atoms with E-state index in [-0.39, 0.29) is 37.1 Å². The summed E-state index contributed by atoms with van der Waals surface area (Å²) in [6.07, 6.45) is 6.87. The normalized spacial score (nSPS) is 16.5. The summed E-state index contributed by atoms with van der Waals surface area (Å²) in [5.74, 6) is 0.671. The van der Waals surface area contributed by atoms with Gasteiger partial charge in [0.15, 0.2) is 5.01 Å². The summed E-state index contributed by atoms with van der Waals surface area (Å²) in [5, 5.41) is -0.251. The number of nitrogens with zero attached hydrogens (tertiary/aromatic N) is 7. The maximum atomic E-state index is 14.2. The Morgan fingerprint density at radius 1 is 1.04 bits per heavy atom. The summed E-state index contributed by atoms with van der Waals surface area (Å²) >= 11 is 1.17. The predicted octanol–water partition coefficient (Wildman–Crippen LogP) is 5.34. The van der Waals surface area contributed by atoms with Crippen LogP contribution in [0.5, 0.6) is 11.6 Å². The van der Waals surface area contributed by atoms with Gasteiger partial charge in [-0.1, -0.05) is 12.1 Å². The largest absolute Gasteiger partial charge is 0.497 e. The highest BCUT2D eigenvalue weighted by Crippen LogP contribution is 2.37. The monoisotopic (exact) mass is 735 g/mol. The quantitative estimate of drug-likeness (QED) is 0.196. The first-order chi connectivity index (χ1) is 24.4. The average Bonchev–Trinajstić information content (AvgIpc) is 3.87. The van der Waals surface area contributed by atoms with E-state index < -0.39 is 33.0 Å². The molecule has 1 aliphatic carbocycles. The second-order valence-electron chi connectivity index (χ2n) is 13.2. The van der Waals surface area contributed by atoms with E-state index in [0.29, 0.717) is 53.0 Å². The van der Waals surface area contributed by atoms with Crippen molar-refractivity contribution in [3.8, 4) is 22.2 Å². The number of piperazine rings is 1. The molecule has 0 bridgehead atoms. The number of hydrogen-bond acceptors (Lipinski definition) is 12. The number of carbonyl (C=O) groups excluding carboxylic acids is 2. The van der Waals surface area contributed by atoms with Gasteiger partial charge in [0.25, 0.3) is 5.91 Å². The van der Waals surface area contributed by atoms with Gasteiger partial charge in [0.05, 0.1) is 66.8 Å². The van der Waals surface area contributed by atoms with Gasteiger partial charge in [-0.3, -0.25) is 19.1 Å². The molecular weight excluding hydrogens is 695 g/mol. The Morgan fingerprint density at radius 2 is 1.80 bits per heavy atom. The van der Waals surface area contributed by atoms with Gasteiger partial charge >= 0.3 is 6.09 Å². The molecule has 2 amide bonds. The fourth-order valence-corrected chi connectivity index (χ4v) is 8.27. The molecule has 2 fully saturated rings. The summed E-state index contributed by atoms with van der Waals surface area (Å²) in [5.41, 5.74) is 1.41. The van der Waals surface area contributed by atoms with E-state index in [4.69, 9.17) is 14.2 Å².